The fourth-order valence-electron chi connectivity index (χ4n) is 2.29. The molecule has 0 radical (unpaired) electrons. The van der Waals surface area contributed by atoms with Gasteiger partial charge in [0.2, 0.25) is 23.8 Å². The average molecular weight is 294 g/mol. The van der Waals surface area contributed by atoms with E-state index in [-0.39, 0.29) is 17.9 Å². The summed E-state index contributed by atoms with van der Waals surface area (Å²) in [6, 6.07) is -0.0249. The summed E-state index contributed by atoms with van der Waals surface area (Å²) in [6.07, 6.45) is 0.407. The number of rotatable bonds is 4. The Kier molecular flexibility index (Phi) is 3.97. The number of ether oxygens (including phenoxy) is 1. The first kappa shape index (κ1) is 13.8. The van der Waals surface area contributed by atoms with Crippen LogP contribution in [-0.2, 0) is 9.53 Å². The van der Waals surface area contributed by atoms with Crippen LogP contribution in [-0.4, -0.2) is 59.7 Å². The Labute approximate surface area is 121 Å². The molecule has 2 saturated heterocycles. The normalized spacial score (nSPS) is 22.0. The van der Waals surface area contributed by atoms with E-state index in [0.29, 0.717) is 38.1 Å². The zero-order valence-electron chi connectivity index (χ0n) is 11.5. The van der Waals surface area contributed by atoms with E-state index in [1.807, 2.05) is 4.90 Å². The highest BCUT2D eigenvalue weighted by atomic mass is 16.5. The van der Waals surface area contributed by atoms with Gasteiger partial charge in [-0.05, 0) is 0 Å². The largest absolute Gasteiger partial charge is 0.378 e. The summed E-state index contributed by atoms with van der Waals surface area (Å²) >= 11 is 0. The molecule has 0 aliphatic carbocycles. The van der Waals surface area contributed by atoms with E-state index in [2.05, 4.69) is 31.0 Å². The number of morpholine rings is 1. The van der Waals surface area contributed by atoms with Crippen molar-refractivity contribution in [2.75, 3.05) is 48.5 Å². The first-order valence-electron chi connectivity index (χ1n) is 6.83. The number of nitrogens with one attached hydrogen (secondary N) is 3. The van der Waals surface area contributed by atoms with E-state index in [0.717, 1.165) is 13.1 Å². The lowest BCUT2D eigenvalue weighted by molar-refractivity contribution is -0.119. The fraction of sp³-hybridized carbons (Fsp3) is 0.636. The summed E-state index contributed by atoms with van der Waals surface area (Å²) in [6.45, 7) is 3.28. The van der Waals surface area contributed by atoms with Crippen LogP contribution in [0.1, 0.15) is 6.42 Å². The Balaban J connectivity index is 1.77. The standard InChI is InChI=1S/C11H18N8O2/c12-18-10-15-9(14-7-5-8(20)13-6-7)16-11(17-10)19-1-3-21-4-2-19/h7H,1-6,12H2,(H,13,20)(H2,14,15,16,17,18). The molecule has 5 N–H and O–H groups in total. The van der Waals surface area contributed by atoms with Gasteiger partial charge in [-0.25, -0.2) is 5.84 Å². The molecular formula is C11H18N8O2. The van der Waals surface area contributed by atoms with Crippen LogP contribution in [0.15, 0.2) is 0 Å². The first-order chi connectivity index (χ1) is 10.2. The summed E-state index contributed by atoms with van der Waals surface area (Å²) in [5.41, 5.74) is 2.44. The zero-order valence-corrected chi connectivity index (χ0v) is 11.5. The van der Waals surface area contributed by atoms with Gasteiger partial charge >= 0.3 is 0 Å². The number of hydrogen-bond donors (Lipinski definition) is 4. The highest BCUT2D eigenvalue weighted by Gasteiger charge is 2.23. The number of anilines is 3. The van der Waals surface area contributed by atoms with Crippen molar-refractivity contribution in [3.63, 3.8) is 0 Å². The summed E-state index contributed by atoms with van der Waals surface area (Å²) in [7, 11) is 0. The molecule has 1 amide bonds. The van der Waals surface area contributed by atoms with E-state index < -0.39 is 0 Å². The molecule has 2 aliphatic rings. The van der Waals surface area contributed by atoms with Gasteiger partial charge in [0.25, 0.3) is 0 Å². The maximum Gasteiger partial charge on any atom is 0.243 e. The predicted octanol–water partition coefficient (Wildman–Crippen LogP) is -1.71. The Morgan fingerprint density at radius 1 is 1.24 bits per heavy atom. The minimum absolute atomic E-state index is 0.0205. The van der Waals surface area contributed by atoms with Crippen LogP contribution >= 0.6 is 0 Å². The monoisotopic (exact) mass is 294 g/mol. The van der Waals surface area contributed by atoms with Gasteiger partial charge in [-0.2, -0.15) is 15.0 Å². The zero-order chi connectivity index (χ0) is 14.7. The van der Waals surface area contributed by atoms with Gasteiger partial charge in [-0.1, -0.05) is 0 Å². The molecule has 0 bridgehead atoms. The van der Waals surface area contributed by atoms with Gasteiger partial charge in [0.15, 0.2) is 0 Å². The van der Waals surface area contributed by atoms with Crippen LogP contribution < -0.4 is 26.8 Å². The minimum atomic E-state index is -0.0249. The van der Waals surface area contributed by atoms with Gasteiger partial charge in [0, 0.05) is 26.1 Å². The average Bonchev–Trinajstić information content (AvgIpc) is 2.93. The molecule has 1 aromatic rings. The lowest BCUT2D eigenvalue weighted by Crippen LogP contribution is -2.38. The van der Waals surface area contributed by atoms with E-state index in [1.54, 1.807) is 0 Å². The number of hydrazine groups is 1. The molecule has 0 aromatic carbocycles. The van der Waals surface area contributed by atoms with Gasteiger partial charge in [0.05, 0.1) is 19.3 Å². The van der Waals surface area contributed by atoms with Gasteiger partial charge < -0.3 is 20.3 Å². The van der Waals surface area contributed by atoms with Crippen LogP contribution in [0.4, 0.5) is 17.8 Å². The molecule has 1 unspecified atom stereocenters. The molecule has 1 atom stereocenters. The molecule has 2 fully saturated rings. The Morgan fingerprint density at radius 2 is 2.00 bits per heavy atom. The number of aromatic nitrogens is 3. The van der Waals surface area contributed by atoms with Crippen molar-refractivity contribution in [3.05, 3.63) is 0 Å². The molecule has 21 heavy (non-hydrogen) atoms. The Morgan fingerprint density at radius 3 is 2.67 bits per heavy atom. The summed E-state index contributed by atoms with van der Waals surface area (Å²) in [5.74, 6) is 6.66. The lowest BCUT2D eigenvalue weighted by atomic mass is 10.3. The topological polar surface area (TPSA) is 130 Å². The molecule has 1 aromatic heterocycles. The maximum absolute atomic E-state index is 11.2. The number of nitrogen functional groups attached to an aromatic ring is 1. The second-order valence-corrected chi connectivity index (χ2v) is 4.88. The van der Waals surface area contributed by atoms with Crippen molar-refractivity contribution in [3.8, 4) is 0 Å². The number of carbonyl (C=O) groups excluding carboxylic acids is 1. The summed E-state index contributed by atoms with van der Waals surface area (Å²) in [5, 5.41) is 5.88. The Bertz CT molecular complexity index is 519. The summed E-state index contributed by atoms with van der Waals surface area (Å²) < 4.78 is 5.31. The summed E-state index contributed by atoms with van der Waals surface area (Å²) in [4.78, 5) is 26.1. The lowest BCUT2D eigenvalue weighted by Gasteiger charge is -2.27. The van der Waals surface area contributed by atoms with E-state index in [4.69, 9.17) is 10.6 Å². The quantitative estimate of drug-likeness (QED) is 0.379. The third-order valence-corrected chi connectivity index (χ3v) is 3.36. The molecule has 0 saturated carbocycles. The fourth-order valence-corrected chi connectivity index (χ4v) is 2.29. The van der Waals surface area contributed by atoms with Crippen molar-refractivity contribution in [1.29, 1.82) is 0 Å². The van der Waals surface area contributed by atoms with E-state index in [9.17, 15) is 4.79 Å². The second kappa shape index (κ2) is 6.06. The number of nitrogens with zero attached hydrogens (tertiary/aromatic N) is 4. The maximum atomic E-state index is 11.2. The second-order valence-electron chi connectivity index (χ2n) is 4.88. The molecule has 3 heterocycles. The van der Waals surface area contributed by atoms with Crippen molar-refractivity contribution >= 4 is 23.8 Å². The number of carbonyl (C=O) groups is 1. The van der Waals surface area contributed by atoms with Crippen LogP contribution in [0.3, 0.4) is 0 Å². The SMILES string of the molecule is NNc1nc(NC2CNC(=O)C2)nc(N2CCOCC2)n1. The van der Waals surface area contributed by atoms with Crippen LogP contribution in [0.25, 0.3) is 0 Å². The van der Waals surface area contributed by atoms with Crippen molar-refractivity contribution in [2.45, 2.75) is 12.5 Å². The minimum Gasteiger partial charge on any atom is -0.378 e. The number of nitrogens with two attached hydrogens (primary N) is 1. The van der Waals surface area contributed by atoms with Crippen molar-refractivity contribution in [2.24, 2.45) is 5.84 Å². The first-order valence-corrected chi connectivity index (χ1v) is 6.83. The predicted molar refractivity (Wildman–Crippen MR) is 75.7 cm³/mol. The smallest absolute Gasteiger partial charge is 0.243 e. The molecule has 10 nitrogen and oxygen atoms in total. The number of hydrogen-bond acceptors (Lipinski definition) is 9. The molecule has 3 rings (SSSR count). The van der Waals surface area contributed by atoms with Crippen molar-refractivity contribution < 1.29 is 9.53 Å². The highest BCUT2D eigenvalue weighted by molar-refractivity contribution is 5.79. The van der Waals surface area contributed by atoms with Crippen molar-refractivity contribution in [1.82, 2.24) is 20.3 Å². The molecule has 114 valence electrons. The van der Waals surface area contributed by atoms with E-state index >= 15 is 0 Å². The molecular weight excluding hydrogens is 276 g/mol. The Hall–Kier alpha value is -2.20. The molecule has 0 spiro atoms. The highest BCUT2D eigenvalue weighted by Crippen LogP contribution is 2.16. The third-order valence-electron chi connectivity index (χ3n) is 3.36. The van der Waals surface area contributed by atoms with Crippen LogP contribution in [0, 0.1) is 0 Å². The third kappa shape index (κ3) is 3.28. The van der Waals surface area contributed by atoms with E-state index in [1.165, 1.54) is 0 Å². The van der Waals surface area contributed by atoms with Crippen LogP contribution in [0.2, 0.25) is 0 Å². The van der Waals surface area contributed by atoms with Gasteiger partial charge in [-0.3, -0.25) is 10.2 Å². The molecule has 2 aliphatic heterocycles. The molecule has 10 heteroatoms. The van der Waals surface area contributed by atoms with Crippen LogP contribution in [0.5, 0.6) is 0 Å². The van der Waals surface area contributed by atoms with Gasteiger partial charge in [-0.15, -0.1) is 0 Å². The number of amides is 1. The van der Waals surface area contributed by atoms with Gasteiger partial charge in [0.1, 0.15) is 0 Å².